The van der Waals surface area contributed by atoms with Crippen molar-refractivity contribution >= 4 is 5.69 Å². The molecule has 0 unspecified atom stereocenters. The number of benzene rings is 2. The molecule has 0 fully saturated rings. The highest BCUT2D eigenvalue weighted by atomic mass is 16.7. The molecule has 0 saturated carbocycles. The molecule has 0 atom stereocenters. The van der Waals surface area contributed by atoms with Crippen LogP contribution in [0.3, 0.4) is 0 Å². The monoisotopic (exact) mass is 273 g/mol. The number of anilines is 1. The van der Waals surface area contributed by atoms with Crippen molar-refractivity contribution in [3.8, 4) is 11.5 Å². The van der Waals surface area contributed by atoms with Crippen molar-refractivity contribution in [2.45, 2.75) is 6.29 Å². The van der Waals surface area contributed by atoms with Gasteiger partial charge in [-0.3, -0.25) is 0 Å². The van der Waals surface area contributed by atoms with Crippen LogP contribution >= 0.6 is 0 Å². The normalized spacial score (nSPS) is 10.6. The van der Waals surface area contributed by atoms with Crippen molar-refractivity contribution in [1.29, 1.82) is 0 Å². The molecule has 4 heteroatoms. The van der Waals surface area contributed by atoms with Crippen LogP contribution in [0.15, 0.2) is 54.6 Å². The fourth-order valence-corrected chi connectivity index (χ4v) is 1.77. The summed E-state index contributed by atoms with van der Waals surface area (Å²) in [7, 11) is 3.23. The van der Waals surface area contributed by atoms with Crippen molar-refractivity contribution in [1.82, 2.24) is 0 Å². The molecule has 4 nitrogen and oxygen atoms in total. The molecule has 0 aliphatic rings. The second kappa shape index (κ2) is 7.53. The van der Waals surface area contributed by atoms with Crippen LogP contribution in [-0.4, -0.2) is 27.1 Å². The van der Waals surface area contributed by atoms with E-state index in [9.17, 15) is 0 Å². The van der Waals surface area contributed by atoms with Gasteiger partial charge in [-0.05, 0) is 24.3 Å². The lowest BCUT2D eigenvalue weighted by Crippen LogP contribution is -2.23. The minimum Gasteiger partial charge on any atom is -0.455 e. The zero-order chi connectivity index (χ0) is 14.2. The summed E-state index contributed by atoms with van der Waals surface area (Å²) < 4.78 is 16.2. The fourth-order valence-electron chi connectivity index (χ4n) is 1.77. The third kappa shape index (κ3) is 3.98. The smallest absolute Gasteiger partial charge is 0.173 e. The van der Waals surface area contributed by atoms with Crippen LogP contribution < -0.4 is 10.1 Å². The molecule has 0 aromatic heterocycles. The van der Waals surface area contributed by atoms with Gasteiger partial charge in [-0.2, -0.15) is 0 Å². The Morgan fingerprint density at radius 3 is 2.25 bits per heavy atom. The minimum absolute atomic E-state index is 0.292. The number of rotatable bonds is 7. The molecule has 0 amide bonds. The number of ether oxygens (including phenoxy) is 3. The number of methoxy groups -OCH3 is 2. The first-order valence-electron chi connectivity index (χ1n) is 6.45. The maximum absolute atomic E-state index is 5.86. The van der Waals surface area contributed by atoms with Gasteiger partial charge in [0.2, 0.25) is 0 Å². The van der Waals surface area contributed by atoms with Gasteiger partial charge in [0.15, 0.2) is 12.0 Å². The molecule has 2 aromatic carbocycles. The Kier molecular flexibility index (Phi) is 5.41. The summed E-state index contributed by atoms with van der Waals surface area (Å²) in [6.45, 7) is 0.544. The SMILES string of the molecule is COC(CNc1ccccc1Oc1ccccc1)OC. The molecular formula is C16H19NO3. The van der Waals surface area contributed by atoms with E-state index in [-0.39, 0.29) is 6.29 Å². The maximum Gasteiger partial charge on any atom is 0.173 e. The molecule has 0 bridgehead atoms. The van der Waals surface area contributed by atoms with E-state index < -0.39 is 0 Å². The molecule has 0 heterocycles. The first-order valence-corrected chi connectivity index (χ1v) is 6.45. The minimum atomic E-state index is -0.292. The van der Waals surface area contributed by atoms with Gasteiger partial charge < -0.3 is 19.5 Å². The predicted octanol–water partition coefficient (Wildman–Crippen LogP) is 3.51. The second-order valence-corrected chi connectivity index (χ2v) is 4.19. The van der Waals surface area contributed by atoms with E-state index in [1.54, 1.807) is 14.2 Å². The summed E-state index contributed by atoms with van der Waals surface area (Å²) in [6, 6.07) is 17.5. The predicted molar refractivity (Wildman–Crippen MR) is 79.3 cm³/mol. The van der Waals surface area contributed by atoms with Crippen LogP contribution in [-0.2, 0) is 9.47 Å². The van der Waals surface area contributed by atoms with Crippen molar-refractivity contribution < 1.29 is 14.2 Å². The van der Waals surface area contributed by atoms with E-state index >= 15 is 0 Å². The van der Waals surface area contributed by atoms with E-state index in [2.05, 4.69) is 5.32 Å². The van der Waals surface area contributed by atoms with Gasteiger partial charge in [0, 0.05) is 14.2 Å². The van der Waals surface area contributed by atoms with Gasteiger partial charge in [0.05, 0.1) is 12.2 Å². The van der Waals surface area contributed by atoms with E-state index in [4.69, 9.17) is 14.2 Å². The molecule has 106 valence electrons. The first kappa shape index (κ1) is 14.4. The highest BCUT2D eigenvalue weighted by Gasteiger charge is 2.08. The number of para-hydroxylation sites is 3. The van der Waals surface area contributed by atoms with Crippen molar-refractivity contribution in [2.75, 3.05) is 26.1 Å². The summed E-state index contributed by atoms with van der Waals surface area (Å²) >= 11 is 0. The third-order valence-electron chi connectivity index (χ3n) is 2.84. The van der Waals surface area contributed by atoms with Crippen LogP contribution in [0.5, 0.6) is 11.5 Å². The van der Waals surface area contributed by atoms with Crippen LogP contribution in [0, 0.1) is 0 Å². The molecule has 2 aromatic rings. The van der Waals surface area contributed by atoms with E-state index in [1.807, 2.05) is 54.6 Å². The Hall–Kier alpha value is -2.04. The topological polar surface area (TPSA) is 39.7 Å². The van der Waals surface area contributed by atoms with Crippen molar-refractivity contribution in [3.05, 3.63) is 54.6 Å². The molecular weight excluding hydrogens is 254 g/mol. The summed E-state index contributed by atoms with van der Waals surface area (Å²) in [5.74, 6) is 1.57. The standard InChI is InChI=1S/C16H19NO3/c1-18-16(19-2)12-17-14-10-6-7-11-15(14)20-13-8-4-3-5-9-13/h3-11,16-17H,12H2,1-2H3. The summed E-state index contributed by atoms with van der Waals surface area (Å²) in [5.41, 5.74) is 0.899. The van der Waals surface area contributed by atoms with E-state index in [1.165, 1.54) is 0 Å². The fraction of sp³-hybridized carbons (Fsp3) is 0.250. The van der Waals surface area contributed by atoms with E-state index in [0.717, 1.165) is 17.2 Å². The zero-order valence-corrected chi connectivity index (χ0v) is 11.7. The summed E-state index contributed by atoms with van der Waals surface area (Å²) in [5, 5.41) is 3.26. The van der Waals surface area contributed by atoms with Gasteiger partial charge in [0.25, 0.3) is 0 Å². The molecule has 20 heavy (non-hydrogen) atoms. The Morgan fingerprint density at radius 1 is 0.900 bits per heavy atom. The zero-order valence-electron chi connectivity index (χ0n) is 11.7. The van der Waals surface area contributed by atoms with Gasteiger partial charge in [-0.1, -0.05) is 30.3 Å². The number of nitrogens with one attached hydrogen (secondary N) is 1. The van der Waals surface area contributed by atoms with Crippen molar-refractivity contribution in [3.63, 3.8) is 0 Å². The van der Waals surface area contributed by atoms with Gasteiger partial charge in [-0.15, -0.1) is 0 Å². The molecule has 0 aliphatic heterocycles. The largest absolute Gasteiger partial charge is 0.455 e. The Bertz CT molecular complexity index is 512. The Labute approximate surface area is 119 Å². The van der Waals surface area contributed by atoms with Crippen LogP contribution in [0.2, 0.25) is 0 Å². The summed E-state index contributed by atoms with van der Waals surface area (Å²) in [4.78, 5) is 0. The third-order valence-corrected chi connectivity index (χ3v) is 2.84. The molecule has 0 radical (unpaired) electrons. The lowest BCUT2D eigenvalue weighted by Gasteiger charge is -2.17. The van der Waals surface area contributed by atoms with Crippen LogP contribution in [0.25, 0.3) is 0 Å². The number of hydrogen-bond donors (Lipinski definition) is 1. The molecule has 2 rings (SSSR count). The highest BCUT2D eigenvalue weighted by Crippen LogP contribution is 2.28. The Balaban J connectivity index is 2.06. The number of hydrogen-bond acceptors (Lipinski definition) is 4. The van der Waals surface area contributed by atoms with Crippen molar-refractivity contribution in [2.24, 2.45) is 0 Å². The maximum atomic E-state index is 5.86. The molecule has 0 aliphatic carbocycles. The summed E-state index contributed by atoms with van der Waals surface area (Å²) in [6.07, 6.45) is -0.292. The quantitative estimate of drug-likeness (QED) is 0.784. The van der Waals surface area contributed by atoms with Gasteiger partial charge >= 0.3 is 0 Å². The molecule has 0 saturated heterocycles. The average Bonchev–Trinajstić information content (AvgIpc) is 2.51. The Morgan fingerprint density at radius 2 is 1.55 bits per heavy atom. The lowest BCUT2D eigenvalue weighted by atomic mass is 10.3. The average molecular weight is 273 g/mol. The van der Waals surface area contributed by atoms with E-state index in [0.29, 0.717) is 6.54 Å². The molecule has 0 spiro atoms. The lowest BCUT2D eigenvalue weighted by molar-refractivity contribution is -0.0914. The molecule has 1 N–H and O–H groups in total. The van der Waals surface area contributed by atoms with Gasteiger partial charge in [-0.25, -0.2) is 0 Å². The van der Waals surface area contributed by atoms with Gasteiger partial charge in [0.1, 0.15) is 5.75 Å². The van der Waals surface area contributed by atoms with Crippen LogP contribution in [0.1, 0.15) is 0 Å². The first-order chi connectivity index (χ1) is 9.83. The second-order valence-electron chi connectivity index (χ2n) is 4.19. The highest BCUT2D eigenvalue weighted by molar-refractivity contribution is 5.57. The van der Waals surface area contributed by atoms with Crippen LogP contribution in [0.4, 0.5) is 5.69 Å².